The van der Waals surface area contributed by atoms with Gasteiger partial charge in [0.25, 0.3) is 0 Å². The van der Waals surface area contributed by atoms with E-state index in [0.717, 1.165) is 17.7 Å². The van der Waals surface area contributed by atoms with Gasteiger partial charge in [0.15, 0.2) is 0 Å². The fraction of sp³-hybridized carbons (Fsp3) is 0.538. The Bertz CT molecular complexity index is 423. The zero-order chi connectivity index (χ0) is 12.8. The normalized spacial score (nSPS) is 11.9. The molecule has 1 rings (SSSR count). The number of pyridine rings is 1. The summed E-state index contributed by atoms with van der Waals surface area (Å²) in [5.74, 6) is 0.675. The molecule has 0 saturated heterocycles. The minimum atomic E-state index is 0.232. The molecule has 0 radical (unpaired) electrons. The Balaban J connectivity index is 2.86. The number of hydrogen-bond acceptors (Lipinski definition) is 4. The topological polar surface area (TPSA) is 57.9 Å². The molecule has 4 heteroatoms. The third kappa shape index (κ3) is 3.72. The van der Waals surface area contributed by atoms with E-state index in [1.165, 1.54) is 0 Å². The summed E-state index contributed by atoms with van der Waals surface area (Å²) in [6.45, 7) is 6.61. The van der Waals surface area contributed by atoms with E-state index < -0.39 is 0 Å². The standard InChI is InChI=1S/C13H19N3O/c1-9-7-11(3)16-13(12(9)8-14)15-10(2)5-6-17-4/h7,10H,5-6H2,1-4H3,(H,15,16). The molecule has 0 aliphatic rings. The number of hydrogen-bond donors (Lipinski definition) is 1. The first kappa shape index (κ1) is 13.5. The van der Waals surface area contributed by atoms with Crippen LogP contribution in [0.4, 0.5) is 5.82 Å². The van der Waals surface area contributed by atoms with Crippen molar-refractivity contribution in [3.63, 3.8) is 0 Å². The largest absolute Gasteiger partial charge is 0.385 e. The van der Waals surface area contributed by atoms with Gasteiger partial charge in [0, 0.05) is 25.5 Å². The van der Waals surface area contributed by atoms with Crippen molar-refractivity contribution in [2.24, 2.45) is 0 Å². The number of nitrogens with zero attached hydrogens (tertiary/aromatic N) is 2. The number of nitriles is 1. The molecule has 92 valence electrons. The summed E-state index contributed by atoms with van der Waals surface area (Å²) < 4.78 is 5.03. The predicted octanol–water partition coefficient (Wildman–Crippen LogP) is 2.41. The van der Waals surface area contributed by atoms with E-state index in [0.29, 0.717) is 18.0 Å². The average molecular weight is 233 g/mol. The van der Waals surface area contributed by atoms with E-state index >= 15 is 0 Å². The van der Waals surface area contributed by atoms with Crippen molar-refractivity contribution in [2.75, 3.05) is 19.0 Å². The van der Waals surface area contributed by atoms with Crippen LogP contribution in [0.25, 0.3) is 0 Å². The second-order valence-corrected chi connectivity index (χ2v) is 4.24. The van der Waals surface area contributed by atoms with Gasteiger partial charge in [0.1, 0.15) is 11.9 Å². The molecule has 4 nitrogen and oxygen atoms in total. The van der Waals surface area contributed by atoms with E-state index in [4.69, 9.17) is 10.00 Å². The maximum atomic E-state index is 9.12. The second-order valence-electron chi connectivity index (χ2n) is 4.24. The smallest absolute Gasteiger partial charge is 0.144 e. The summed E-state index contributed by atoms with van der Waals surface area (Å²) in [5, 5.41) is 12.4. The van der Waals surface area contributed by atoms with Gasteiger partial charge < -0.3 is 10.1 Å². The SMILES string of the molecule is COCCC(C)Nc1nc(C)cc(C)c1C#N. The highest BCUT2D eigenvalue weighted by Gasteiger charge is 2.10. The van der Waals surface area contributed by atoms with Crippen LogP contribution in [0, 0.1) is 25.2 Å². The molecule has 0 aliphatic carbocycles. The van der Waals surface area contributed by atoms with Crippen LogP contribution < -0.4 is 5.32 Å². The van der Waals surface area contributed by atoms with Crippen molar-refractivity contribution in [1.82, 2.24) is 4.98 Å². The highest BCUT2D eigenvalue weighted by Crippen LogP contribution is 2.18. The van der Waals surface area contributed by atoms with E-state index in [-0.39, 0.29) is 6.04 Å². The molecule has 0 fully saturated rings. The van der Waals surface area contributed by atoms with Crippen molar-refractivity contribution in [3.05, 3.63) is 22.9 Å². The molecule has 0 aromatic carbocycles. The molecule has 1 N–H and O–H groups in total. The summed E-state index contributed by atoms with van der Waals surface area (Å²) in [4.78, 5) is 4.38. The maximum absolute atomic E-state index is 9.12. The van der Waals surface area contributed by atoms with Crippen LogP contribution in [0.2, 0.25) is 0 Å². The highest BCUT2D eigenvalue weighted by molar-refractivity contribution is 5.56. The molecule has 0 saturated carbocycles. The molecule has 1 aromatic heterocycles. The number of nitrogens with one attached hydrogen (secondary N) is 1. The van der Waals surface area contributed by atoms with Crippen molar-refractivity contribution < 1.29 is 4.74 Å². The average Bonchev–Trinajstić information content (AvgIpc) is 2.25. The molecule has 17 heavy (non-hydrogen) atoms. The molecule has 1 unspecified atom stereocenters. The quantitative estimate of drug-likeness (QED) is 0.848. The first-order chi connectivity index (χ1) is 8.08. The minimum absolute atomic E-state index is 0.232. The Morgan fingerprint density at radius 1 is 1.53 bits per heavy atom. The summed E-state index contributed by atoms with van der Waals surface area (Å²) in [5.41, 5.74) is 2.50. The van der Waals surface area contributed by atoms with E-state index in [9.17, 15) is 0 Å². The summed E-state index contributed by atoms with van der Waals surface area (Å²) >= 11 is 0. The second kappa shape index (κ2) is 6.21. The first-order valence-corrected chi connectivity index (χ1v) is 5.72. The third-order valence-corrected chi connectivity index (χ3v) is 2.59. The van der Waals surface area contributed by atoms with Crippen LogP contribution in [0.3, 0.4) is 0 Å². The van der Waals surface area contributed by atoms with Gasteiger partial charge in [-0.3, -0.25) is 0 Å². The van der Waals surface area contributed by atoms with Crippen molar-refractivity contribution in [1.29, 1.82) is 5.26 Å². The molecule has 0 aliphatic heterocycles. The maximum Gasteiger partial charge on any atom is 0.144 e. The zero-order valence-corrected chi connectivity index (χ0v) is 10.9. The van der Waals surface area contributed by atoms with Crippen LogP contribution in [0.1, 0.15) is 30.2 Å². The van der Waals surface area contributed by atoms with Gasteiger partial charge in [-0.2, -0.15) is 5.26 Å². The van der Waals surface area contributed by atoms with Gasteiger partial charge in [-0.05, 0) is 38.8 Å². The van der Waals surface area contributed by atoms with Crippen LogP contribution >= 0.6 is 0 Å². The van der Waals surface area contributed by atoms with Crippen molar-refractivity contribution in [2.45, 2.75) is 33.2 Å². The Morgan fingerprint density at radius 3 is 2.82 bits per heavy atom. The lowest BCUT2D eigenvalue weighted by molar-refractivity contribution is 0.191. The molecular weight excluding hydrogens is 214 g/mol. The zero-order valence-electron chi connectivity index (χ0n) is 10.9. The monoisotopic (exact) mass is 233 g/mol. The Morgan fingerprint density at radius 2 is 2.24 bits per heavy atom. The molecule has 0 amide bonds. The van der Waals surface area contributed by atoms with Gasteiger partial charge in [-0.1, -0.05) is 0 Å². The number of anilines is 1. The van der Waals surface area contributed by atoms with E-state index in [1.807, 2.05) is 19.9 Å². The summed E-state index contributed by atoms with van der Waals surface area (Å²) in [6.07, 6.45) is 0.885. The van der Waals surface area contributed by atoms with Gasteiger partial charge in [-0.25, -0.2) is 4.98 Å². The molecular formula is C13H19N3O. The Labute approximate surface area is 103 Å². The lowest BCUT2D eigenvalue weighted by Gasteiger charge is -2.16. The number of aromatic nitrogens is 1. The Hall–Kier alpha value is -1.60. The fourth-order valence-electron chi connectivity index (χ4n) is 1.68. The molecule has 0 spiro atoms. The highest BCUT2D eigenvalue weighted by atomic mass is 16.5. The molecule has 1 heterocycles. The minimum Gasteiger partial charge on any atom is -0.385 e. The van der Waals surface area contributed by atoms with Crippen LogP contribution in [0.15, 0.2) is 6.07 Å². The molecule has 1 atom stereocenters. The van der Waals surface area contributed by atoms with E-state index in [1.54, 1.807) is 7.11 Å². The summed E-state index contributed by atoms with van der Waals surface area (Å²) in [6, 6.07) is 4.35. The third-order valence-electron chi connectivity index (χ3n) is 2.59. The van der Waals surface area contributed by atoms with Gasteiger partial charge >= 0.3 is 0 Å². The van der Waals surface area contributed by atoms with Gasteiger partial charge in [0.05, 0.1) is 5.56 Å². The molecule has 0 bridgehead atoms. The molecule has 1 aromatic rings. The first-order valence-electron chi connectivity index (χ1n) is 5.72. The summed E-state index contributed by atoms with van der Waals surface area (Å²) in [7, 11) is 1.68. The number of aryl methyl sites for hydroxylation is 2. The van der Waals surface area contributed by atoms with Crippen molar-refractivity contribution in [3.8, 4) is 6.07 Å². The lowest BCUT2D eigenvalue weighted by atomic mass is 10.1. The van der Waals surface area contributed by atoms with E-state index in [2.05, 4.69) is 23.3 Å². The number of rotatable bonds is 5. The number of methoxy groups -OCH3 is 1. The Kier molecular flexibility index (Phi) is 4.92. The fourth-order valence-corrected chi connectivity index (χ4v) is 1.68. The van der Waals surface area contributed by atoms with Crippen LogP contribution in [-0.2, 0) is 4.74 Å². The lowest BCUT2D eigenvalue weighted by Crippen LogP contribution is -2.19. The van der Waals surface area contributed by atoms with Crippen LogP contribution in [0.5, 0.6) is 0 Å². The van der Waals surface area contributed by atoms with Gasteiger partial charge in [-0.15, -0.1) is 0 Å². The van der Waals surface area contributed by atoms with Crippen LogP contribution in [-0.4, -0.2) is 24.7 Å². The predicted molar refractivity (Wildman–Crippen MR) is 68.0 cm³/mol. The van der Waals surface area contributed by atoms with Gasteiger partial charge in [0.2, 0.25) is 0 Å². The van der Waals surface area contributed by atoms with Crippen molar-refractivity contribution >= 4 is 5.82 Å². The number of ether oxygens (including phenoxy) is 1.